The first kappa shape index (κ1) is 15.7. The second-order valence-corrected chi connectivity index (χ2v) is 4.14. The van der Waals surface area contributed by atoms with E-state index in [1.807, 2.05) is 13.8 Å². The van der Waals surface area contributed by atoms with Crippen molar-refractivity contribution in [3.8, 4) is 0 Å². The molecule has 0 amide bonds. The SMILES string of the molecule is CCN(CC(CO)NC(C)C)CC(F)(F)F. The summed E-state index contributed by atoms with van der Waals surface area (Å²) in [5.74, 6) is 0. The van der Waals surface area contributed by atoms with E-state index >= 15 is 0 Å². The molecule has 0 aliphatic carbocycles. The molecule has 98 valence electrons. The Morgan fingerprint density at radius 3 is 2.19 bits per heavy atom. The highest BCUT2D eigenvalue weighted by atomic mass is 19.4. The third-order valence-electron chi connectivity index (χ3n) is 2.12. The molecule has 0 aliphatic rings. The van der Waals surface area contributed by atoms with Crippen molar-refractivity contribution in [2.24, 2.45) is 0 Å². The third-order valence-corrected chi connectivity index (χ3v) is 2.12. The van der Waals surface area contributed by atoms with Crippen LogP contribution in [0.25, 0.3) is 0 Å². The standard InChI is InChI=1S/C10H21F3N2O/c1-4-15(7-10(11,12)13)5-9(6-16)14-8(2)3/h8-9,14,16H,4-7H2,1-3H3. The number of alkyl halides is 3. The van der Waals surface area contributed by atoms with Crippen LogP contribution in [0, 0.1) is 0 Å². The average Bonchev–Trinajstić information content (AvgIpc) is 2.12. The Morgan fingerprint density at radius 1 is 1.31 bits per heavy atom. The van der Waals surface area contributed by atoms with Crippen LogP contribution in [0.4, 0.5) is 13.2 Å². The smallest absolute Gasteiger partial charge is 0.395 e. The van der Waals surface area contributed by atoms with Crippen molar-refractivity contribution in [1.82, 2.24) is 10.2 Å². The second kappa shape index (κ2) is 7.09. The predicted molar refractivity (Wildman–Crippen MR) is 57.3 cm³/mol. The van der Waals surface area contributed by atoms with Crippen molar-refractivity contribution in [3.05, 3.63) is 0 Å². The van der Waals surface area contributed by atoms with Crippen LogP contribution in [0.15, 0.2) is 0 Å². The molecule has 0 bridgehead atoms. The minimum atomic E-state index is -4.19. The highest BCUT2D eigenvalue weighted by molar-refractivity contribution is 4.74. The zero-order valence-corrected chi connectivity index (χ0v) is 10.0. The minimum absolute atomic E-state index is 0.141. The lowest BCUT2D eigenvalue weighted by atomic mass is 10.2. The van der Waals surface area contributed by atoms with Crippen LogP contribution in [0.5, 0.6) is 0 Å². The fraction of sp³-hybridized carbons (Fsp3) is 1.00. The van der Waals surface area contributed by atoms with Crippen LogP contribution in [-0.4, -0.2) is 54.5 Å². The molecule has 3 nitrogen and oxygen atoms in total. The van der Waals surface area contributed by atoms with E-state index in [-0.39, 0.29) is 25.2 Å². The van der Waals surface area contributed by atoms with Gasteiger partial charge >= 0.3 is 6.18 Å². The Hall–Kier alpha value is -0.330. The van der Waals surface area contributed by atoms with Crippen molar-refractivity contribution in [1.29, 1.82) is 0 Å². The molecule has 0 aromatic rings. The number of hydrogen-bond acceptors (Lipinski definition) is 3. The van der Waals surface area contributed by atoms with Crippen molar-refractivity contribution in [2.75, 3.05) is 26.2 Å². The maximum Gasteiger partial charge on any atom is 0.401 e. The van der Waals surface area contributed by atoms with Gasteiger partial charge < -0.3 is 10.4 Å². The zero-order valence-electron chi connectivity index (χ0n) is 10.0. The largest absolute Gasteiger partial charge is 0.401 e. The molecular weight excluding hydrogens is 221 g/mol. The first-order valence-corrected chi connectivity index (χ1v) is 5.44. The Morgan fingerprint density at radius 2 is 1.88 bits per heavy atom. The quantitative estimate of drug-likeness (QED) is 0.705. The lowest BCUT2D eigenvalue weighted by Gasteiger charge is -2.28. The Kier molecular flexibility index (Phi) is 6.94. The van der Waals surface area contributed by atoms with Crippen molar-refractivity contribution in [3.63, 3.8) is 0 Å². The first-order chi connectivity index (χ1) is 7.28. The Labute approximate surface area is 94.6 Å². The number of rotatable bonds is 7. The normalized spacial score (nSPS) is 14.8. The number of nitrogens with zero attached hydrogens (tertiary/aromatic N) is 1. The number of aliphatic hydroxyl groups excluding tert-OH is 1. The number of aliphatic hydroxyl groups is 1. The molecule has 0 spiro atoms. The molecule has 16 heavy (non-hydrogen) atoms. The van der Waals surface area contributed by atoms with Crippen LogP contribution in [0.2, 0.25) is 0 Å². The molecule has 0 heterocycles. The summed E-state index contributed by atoms with van der Waals surface area (Å²) in [7, 11) is 0. The van der Waals surface area contributed by atoms with Crippen LogP contribution in [0.1, 0.15) is 20.8 Å². The van der Waals surface area contributed by atoms with E-state index < -0.39 is 12.7 Å². The van der Waals surface area contributed by atoms with Gasteiger partial charge in [-0.2, -0.15) is 13.2 Å². The molecule has 0 aliphatic heterocycles. The van der Waals surface area contributed by atoms with E-state index in [0.717, 1.165) is 0 Å². The zero-order chi connectivity index (χ0) is 12.8. The van der Waals surface area contributed by atoms with E-state index in [2.05, 4.69) is 5.32 Å². The summed E-state index contributed by atoms with van der Waals surface area (Å²) >= 11 is 0. The van der Waals surface area contributed by atoms with Gasteiger partial charge in [0, 0.05) is 18.6 Å². The summed E-state index contributed by atoms with van der Waals surface area (Å²) in [6.07, 6.45) is -4.19. The maximum absolute atomic E-state index is 12.2. The second-order valence-electron chi connectivity index (χ2n) is 4.14. The van der Waals surface area contributed by atoms with E-state index in [1.54, 1.807) is 6.92 Å². The molecule has 0 rings (SSSR count). The highest BCUT2D eigenvalue weighted by Crippen LogP contribution is 2.16. The summed E-state index contributed by atoms with van der Waals surface area (Å²) in [6.45, 7) is 4.88. The summed E-state index contributed by atoms with van der Waals surface area (Å²) in [5.41, 5.74) is 0. The van der Waals surface area contributed by atoms with Gasteiger partial charge in [0.1, 0.15) is 0 Å². The van der Waals surface area contributed by atoms with E-state index in [0.29, 0.717) is 6.54 Å². The third kappa shape index (κ3) is 7.90. The molecule has 0 saturated heterocycles. The topological polar surface area (TPSA) is 35.5 Å². The lowest BCUT2D eigenvalue weighted by molar-refractivity contribution is -0.146. The van der Waals surface area contributed by atoms with Crippen LogP contribution >= 0.6 is 0 Å². The molecule has 0 saturated carbocycles. The summed E-state index contributed by atoms with van der Waals surface area (Å²) < 4.78 is 36.6. The monoisotopic (exact) mass is 242 g/mol. The molecule has 2 N–H and O–H groups in total. The van der Waals surface area contributed by atoms with Gasteiger partial charge in [-0.15, -0.1) is 0 Å². The van der Waals surface area contributed by atoms with Crippen LogP contribution < -0.4 is 5.32 Å². The highest BCUT2D eigenvalue weighted by Gasteiger charge is 2.30. The Bertz CT molecular complexity index is 185. The molecule has 0 radical (unpaired) electrons. The fourth-order valence-corrected chi connectivity index (χ4v) is 1.51. The van der Waals surface area contributed by atoms with E-state index in [1.165, 1.54) is 4.90 Å². The average molecular weight is 242 g/mol. The number of halogens is 3. The van der Waals surface area contributed by atoms with Crippen LogP contribution in [0.3, 0.4) is 0 Å². The molecule has 6 heteroatoms. The van der Waals surface area contributed by atoms with E-state index in [9.17, 15) is 13.2 Å². The van der Waals surface area contributed by atoms with Gasteiger partial charge in [0.2, 0.25) is 0 Å². The maximum atomic E-state index is 12.2. The number of hydrogen-bond donors (Lipinski definition) is 2. The first-order valence-electron chi connectivity index (χ1n) is 5.44. The van der Waals surface area contributed by atoms with Gasteiger partial charge in [0.05, 0.1) is 13.2 Å². The van der Waals surface area contributed by atoms with Gasteiger partial charge in [-0.25, -0.2) is 0 Å². The minimum Gasteiger partial charge on any atom is -0.395 e. The molecule has 0 fully saturated rings. The van der Waals surface area contributed by atoms with Gasteiger partial charge in [-0.3, -0.25) is 4.90 Å². The van der Waals surface area contributed by atoms with Gasteiger partial charge in [-0.05, 0) is 6.54 Å². The lowest BCUT2D eigenvalue weighted by Crippen LogP contribution is -2.48. The van der Waals surface area contributed by atoms with E-state index in [4.69, 9.17) is 5.11 Å². The summed E-state index contributed by atoms with van der Waals surface area (Å²) in [6, 6.07) is -0.177. The van der Waals surface area contributed by atoms with Crippen LogP contribution in [-0.2, 0) is 0 Å². The van der Waals surface area contributed by atoms with Crippen molar-refractivity contribution in [2.45, 2.75) is 39.0 Å². The van der Waals surface area contributed by atoms with Gasteiger partial charge in [0.25, 0.3) is 0 Å². The predicted octanol–water partition coefficient (Wildman–Crippen LogP) is 1.23. The number of likely N-dealkylation sites (N-methyl/N-ethyl adjacent to an activating group) is 1. The van der Waals surface area contributed by atoms with Gasteiger partial charge in [0.15, 0.2) is 0 Å². The number of nitrogens with one attached hydrogen (secondary N) is 1. The van der Waals surface area contributed by atoms with Crippen molar-refractivity contribution >= 4 is 0 Å². The summed E-state index contributed by atoms with van der Waals surface area (Å²) in [4.78, 5) is 1.27. The molecule has 1 atom stereocenters. The summed E-state index contributed by atoms with van der Waals surface area (Å²) in [5, 5.41) is 12.1. The Balaban J connectivity index is 4.17. The van der Waals surface area contributed by atoms with Gasteiger partial charge in [-0.1, -0.05) is 20.8 Å². The molecule has 0 aromatic carbocycles. The molecular formula is C10H21F3N2O. The fourth-order valence-electron chi connectivity index (χ4n) is 1.51. The van der Waals surface area contributed by atoms with Crippen molar-refractivity contribution < 1.29 is 18.3 Å². The molecule has 0 aromatic heterocycles. The molecule has 1 unspecified atom stereocenters.